The van der Waals surface area contributed by atoms with Crippen LogP contribution in [0.5, 0.6) is 0 Å². The van der Waals surface area contributed by atoms with Gasteiger partial charge in [-0.05, 0) is 48.4 Å². The molecule has 76 valence electrons. The van der Waals surface area contributed by atoms with Crippen LogP contribution < -0.4 is 0 Å². The van der Waals surface area contributed by atoms with Gasteiger partial charge in [-0.2, -0.15) is 0 Å². The van der Waals surface area contributed by atoms with E-state index in [4.69, 9.17) is 5.11 Å². The molecule has 1 N–H and O–H groups in total. The van der Waals surface area contributed by atoms with Gasteiger partial charge >= 0.3 is 0 Å². The molecule has 0 aromatic heterocycles. The molecule has 0 aliphatic heterocycles. The third kappa shape index (κ3) is 1.71. The SMILES string of the molecule is OCCC1CCc2cc(F)cc(Br)c21. The number of hydrogen-bond donors (Lipinski definition) is 1. The summed E-state index contributed by atoms with van der Waals surface area (Å²) >= 11 is 3.39. The zero-order chi connectivity index (χ0) is 10.1. The summed E-state index contributed by atoms with van der Waals surface area (Å²) in [6.45, 7) is 0.202. The predicted molar refractivity (Wildman–Crippen MR) is 56.9 cm³/mol. The molecule has 1 aliphatic carbocycles. The minimum Gasteiger partial charge on any atom is -0.396 e. The fraction of sp³-hybridized carbons (Fsp3) is 0.455. The normalized spacial score (nSPS) is 19.8. The van der Waals surface area contributed by atoms with E-state index in [1.54, 1.807) is 6.07 Å². The summed E-state index contributed by atoms with van der Waals surface area (Å²) in [6.07, 6.45) is 2.73. The average Bonchev–Trinajstić information content (AvgIpc) is 2.49. The third-order valence-corrected chi connectivity index (χ3v) is 3.48. The Morgan fingerprint density at radius 2 is 2.29 bits per heavy atom. The summed E-state index contributed by atoms with van der Waals surface area (Å²) in [5, 5.41) is 8.91. The van der Waals surface area contributed by atoms with Gasteiger partial charge in [-0.25, -0.2) is 4.39 Å². The van der Waals surface area contributed by atoms with Gasteiger partial charge in [-0.15, -0.1) is 0 Å². The predicted octanol–water partition coefficient (Wildman–Crippen LogP) is 3.00. The van der Waals surface area contributed by atoms with Crippen LogP contribution in [0, 0.1) is 5.82 Å². The Hall–Kier alpha value is -0.410. The van der Waals surface area contributed by atoms with E-state index < -0.39 is 0 Å². The summed E-state index contributed by atoms with van der Waals surface area (Å²) in [6, 6.07) is 3.12. The number of halogens is 2. The summed E-state index contributed by atoms with van der Waals surface area (Å²) in [7, 11) is 0. The summed E-state index contributed by atoms with van der Waals surface area (Å²) in [5.74, 6) is 0.213. The Balaban J connectivity index is 2.39. The smallest absolute Gasteiger partial charge is 0.124 e. The Morgan fingerprint density at radius 1 is 1.50 bits per heavy atom. The fourth-order valence-electron chi connectivity index (χ4n) is 2.22. The van der Waals surface area contributed by atoms with E-state index in [2.05, 4.69) is 15.9 Å². The maximum Gasteiger partial charge on any atom is 0.124 e. The van der Waals surface area contributed by atoms with E-state index in [1.807, 2.05) is 0 Å². The lowest BCUT2D eigenvalue weighted by Crippen LogP contribution is -1.98. The van der Waals surface area contributed by atoms with Gasteiger partial charge in [0.2, 0.25) is 0 Å². The molecule has 14 heavy (non-hydrogen) atoms. The Morgan fingerprint density at radius 3 is 3.00 bits per heavy atom. The van der Waals surface area contributed by atoms with Gasteiger partial charge in [0.25, 0.3) is 0 Å². The van der Waals surface area contributed by atoms with E-state index in [9.17, 15) is 4.39 Å². The van der Waals surface area contributed by atoms with Crippen molar-refractivity contribution in [3.8, 4) is 0 Å². The first-order chi connectivity index (χ1) is 6.72. The van der Waals surface area contributed by atoms with Crippen LogP contribution in [0.1, 0.15) is 29.9 Å². The minimum absolute atomic E-state index is 0.180. The van der Waals surface area contributed by atoms with Crippen molar-refractivity contribution in [2.45, 2.75) is 25.2 Å². The number of benzene rings is 1. The average molecular weight is 259 g/mol. The lowest BCUT2D eigenvalue weighted by Gasteiger charge is -2.11. The molecule has 1 aromatic carbocycles. The van der Waals surface area contributed by atoms with Crippen LogP contribution >= 0.6 is 15.9 Å². The zero-order valence-corrected chi connectivity index (χ0v) is 9.35. The highest BCUT2D eigenvalue weighted by atomic mass is 79.9. The second kappa shape index (κ2) is 3.99. The zero-order valence-electron chi connectivity index (χ0n) is 7.76. The highest BCUT2D eigenvalue weighted by Crippen LogP contribution is 2.40. The largest absolute Gasteiger partial charge is 0.396 e. The molecule has 0 bridgehead atoms. The first kappa shape index (κ1) is 10.1. The number of hydrogen-bond acceptors (Lipinski definition) is 1. The Labute approximate surface area is 91.1 Å². The lowest BCUT2D eigenvalue weighted by molar-refractivity contribution is 0.275. The van der Waals surface area contributed by atoms with E-state index in [0.29, 0.717) is 5.92 Å². The summed E-state index contributed by atoms with van der Waals surface area (Å²) < 4.78 is 13.9. The molecule has 1 aliphatic rings. The van der Waals surface area contributed by atoms with Crippen LogP contribution in [0.25, 0.3) is 0 Å². The fourth-order valence-corrected chi connectivity index (χ4v) is 3.02. The van der Waals surface area contributed by atoms with Crippen LogP contribution in [0.4, 0.5) is 4.39 Å². The quantitative estimate of drug-likeness (QED) is 0.865. The maximum atomic E-state index is 13.1. The monoisotopic (exact) mass is 258 g/mol. The number of aliphatic hydroxyl groups excluding tert-OH is 1. The lowest BCUT2D eigenvalue weighted by atomic mass is 9.98. The van der Waals surface area contributed by atoms with Crippen molar-refractivity contribution < 1.29 is 9.50 Å². The van der Waals surface area contributed by atoms with Gasteiger partial charge in [-0.3, -0.25) is 0 Å². The summed E-state index contributed by atoms with van der Waals surface area (Å²) in [4.78, 5) is 0. The molecule has 0 saturated carbocycles. The van der Waals surface area contributed by atoms with Gasteiger partial charge in [0.15, 0.2) is 0 Å². The molecule has 1 aromatic rings. The highest BCUT2D eigenvalue weighted by Gasteiger charge is 2.24. The van der Waals surface area contributed by atoms with Gasteiger partial charge < -0.3 is 5.11 Å². The molecule has 0 amide bonds. The van der Waals surface area contributed by atoms with Crippen molar-refractivity contribution in [3.05, 3.63) is 33.5 Å². The van der Waals surface area contributed by atoms with E-state index in [-0.39, 0.29) is 12.4 Å². The highest BCUT2D eigenvalue weighted by molar-refractivity contribution is 9.10. The second-order valence-electron chi connectivity index (χ2n) is 3.71. The molecule has 2 rings (SSSR count). The van der Waals surface area contributed by atoms with Gasteiger partial charge in [0, 0.05) is 11.1 Å². The van der Waals surface area contributed by atoms with Gasteiger partial charge in [-0.1, -0.05) is 15.9 Å². The van der Waals surface area contributed by atoms with Crippen LogP contribution in [0.2, 0.25) is 0 Å². The van der Waals surface area contributed by atoms with E-state index >= 15 is 0 Å². The molecule has 1 unspecified atom stereocenters. The van der Waals surface area contributed by atoms with E-state index in [0.717, 1.165) is 29.3 Å². The van der Waals surface area contributed by atoms with Crippen molar-refractivity contribution >= 4 is 15.9 Å². The van der Waals surface area contributed by atoms with Crippen LogP contribution in [0.15, 0.2) is 16.6 Å². The molecule has 1 atom stereocenters. The van der Waals surface area contributed by atoms with Gasteiger partial charge in [0.05, 0.1) is 0 Å². The first-order valence-corrected chi connectivity index (χ1v) is 5.60. The molecule has 0 heterocycles. The van der Waals surface area contributed by atoms with Crippen molar-refractivity contribution in [2.75, 3.05) is 6.61 Å². The van der Waals surface area contributed by atoms with Crippen molar-refractivity contribution in [1.82, 2.24) is 0 Å². The minimum atomic E-state index is -0.180. The molecule has 0 saturated heterocycles. The molecular weight excluding hydrogens is 247 g/mol. The van der Waals surface area contributed by atoms with Crippen LogP contribution in [-0.2, 0) is 6.42 Å². The number of aryl methyl sites for hydroxylation is 1. The standard InChI is InChI=1S/C11H12BrFO/c12-10-6-9(13)5-8-2-1-7(3-4-14)11(8)10/h5-7,14H,1-4H2. The third-order valence-electron chi connectivity index (χ3n) is 2.83. The van der Waals surface area contributed by atoms with E-state index in [1.165, 1.54) is 11.6 Å². The second-order valence-corrected chi connectivity index (χ2v) is 4.56. The number of rotatable bonds is 2. The molecule has 1 nitrogen and oxygen atoms in total. The van der Waals surface area contributed by atoms with Crippen LogP contribution in [0.3, 0.4) is 0 Å². The summed E-state index contributed by atoms with van der Waals surface area (Å²) in [5.41, 5.74) is 2.29. The molecule has 0 fully saturated rings. The van der Waals surface area contributed by atoms with Crippen LogP contribution in [-0.4, -0.2) is 11.7 Å². The van der Waals surface area contributed by atoms with Gasteiger partial charge in [0.1, 0.15) is 5.82 Å². The Kier molecular flexibility index (Phi) is 2.88. The molecular formula is C11H12BrFO. The number of fused-ring (bicyclic) bond motifs is 1. The molecule has 3 heteroatoms. The van der Waals surface area contributed by atoms with Crippen molar-refractivity contribution in [2.24, 2.45) is 0 Å². The number of aliphatic hydroxyl groups is 1. The maximum absolute atomic E-state index is 13.1. The molecule has 0 spiro atoms. The first-order valence-electron chi connectivity index (χ1n) is 4.81. The molecule has 0 radical (unpaired) electrons. The van der Waals surface area contributed by atoms with Crippen molar-refractivity contribution in [3.63, 3.8) is 0 Å². The Bertz CT molecular complexity index is 351. The van der Waals surface area contributed by atoms with Crippen molar-refractivity contribution in [1.29, 1.82) is 0 Å². The topological polar surface area (TPSA) is 20.2 Å².